The molecule has 0 atom stereocenters. The maximum atomic E-state index is 11.5. The summed E-state index contributed by atoms with van der Waals surface area (Å²) in [6.45, 7) is 3.43. The molecule has 6 heteroatoms. The zero-order chi connectivity index (χ0) is 19.2. The molecule has 0 amide bonds. The minimum absolute atomic E-state index is 0.143. The van der Waals surface area contributed by atoms with Crippen LogP contribution in [0.1, 0.15) is 25.2 Å². The van der Waals surface area contributed by atoms with E-state index in [1.807, 2.05) is 36.4 Å². The van der Waals surface area contributed by atoms with Crippen molar-refractivity contribution in [3.05, 3.63) is 59.9 Å². The number of benzene rings is 2. The number of carbonyl (C=O) groups is 1. The van der Waals surface area contributed by atoms with Crippen LogP contribution in [0.4, 0.5) is 0 Å². The van der Waals surface area contributed by atoms with Crippen LogP contribution in [0.25, 0.3) is 22.7 Å². The first-order valence-corrected chi connectivity index (χ1v) is 8.54. The third-order valence-electron chi connectivity index (χ3n) is 3.68. The fourth-order valence-electron chi connectivity index (χ4n) is 2.50. The third-order valence-corrected chi connectivity index (χ3v) is 3.68. The number of esters is 1. The lowest BCUT2D eigenvalue weighted by Gasteiger charge is -2.09. The van der Waals surface area contributed by atoms with Gasteiger partial charge in [-0.25, -0.2) is 9.78 Å². The summed E-state index contributed by atoms with van der Waals surface area (Å²) in [5.74, 6) is 0.663. The second-order valence-corrected chi connectivity index (χ2v) is 6.17. The van der Waals surface area contributed by atoms with E-state index in [1.54, 1.807) is 32.1 Å². The molecule has 0 saturated carbocycles. The highest BCUT2D eigenvalue weighted by Crippen LogP contribution is 2.20. The zero-order valence-corrected chi connectivity index (χ0v) is 15.1. The van der Waals surface area contributed by atoms with E-state index in [-0.39, 0.29) is 12.7 Å². The summed E-state index contributed by atoms with van der Waals surface area (Å²) in [4.78, 5) is 19.1. The Balaban J connectivity index is 1.72. The molecular formula is C21H19N3O3. The molecule has 0 unspecified atom stereocenters. The summed E-state index contributed by atoms with van der Waals surface area (Å²) in [7, 11) is 0. The molecule has 1 heterocycles. The fourth-order valence-corrected chi connectivity index (χ4v) is 2.50. The number of imidazole rings is 1. The summed E-state index contributed by atoms with van der Waals surface area (Å²) < 4.78 is 10.4. The highest BCUT2D eigenvalue weighted by atomic mass is 16.6. The van der Waals surface area contributed by atoms with Gasteiger partial charge in [0.25, 0.3) is 0 Å². The van der Waals surface area contributed by atoms with E-state index in [2.05, 4.69) is 16.0 Å². The molecule has 0 aliphatic heterocycles. The summed E-state index contributed by atoms with van der Waals surface area (Å²) in [6, 6.07) is 16.9. The molecule has 0 radical (unpaired) electrons. The molecule has 136 valence electrons. The summed E-state index contributed by atoms with van der Waals surface area (Å²) in [6.07, 6.45) is 1.57. The molecule has 0 aliphatic rings. The molecule has 1 N–H and O–H groups in total. The molecule has 0 fully saturated rings. The van der Waals surface area contributed by atoms with E-state index in [1.165, 1.54) is 0 Å². The summed E-state index contributed by atoms with van der Waals surface area (Å²) in [5.41, 5.74) is 2.95. The molecule has 6 nitrogen and oxygen atoms in total. The molecule has 0 saturated heterocycles. The van der Waals surface area contributed by atoms with Crippen molar-refractivity contribution >= 4 is 28.7 Å². The van der Waals surface area contributed by atoms with Crippen LogP contribution >= 0.6 is 0 Å². The zero-order valence-electron chi connectivity index (χ0n) is 15.1. The number of allylic oxidation sites excluding steroid dienone is 1. The fraction of sp³-hybridized carbons (Fsp3) is 0.190. The minimum atomic E-state index is -0.411. The van der Waals surface area contributed by atoms with Crippen LogP contribution in [0.3, 0.4) is 0 Å². The molecule has 0 aliphatic carbocycles. The predicted octanol–water partition coefficient (Wildman–Crippen LogP) is 3.96. The van der Waals surface area contributed by atoms with Gasteiger partial charge in [0.1, 0.15) is 17.6 Å². The van der Waals surface area contributed by atoms with E-state index in [9.17, 15) is 10.1 Å². The van der Waals surface area contributed by atoms with Gasteiger partial charge in [-0.3, -0.25) is 0 Å². The molecule has 2 aromatic carbocycles. The van der Waals surface area contributed by atoms with E-state index < -0.39 is 5.97 Å². The smallest absolute Gasteiger partial charge is 0.344 e. The maximum Gasteiger partial charge on any atom is 0.344 e. The average Bonchev–Trinajstić information content (AvgIpc) is 3.08. The number of aromatic nitrogens is 2. The Morgan fingerprint density at radius 2 is 1.96 bits per heavy atom. The van der Waals surface area contributed by atoms with Crippen molar-refractivity contribution in [3.8, 4) is 11.8 Å². The highest BCUT2D eigenvalue weighted by Gasteiger charge is 2.08. The number of hydrogen-bond donors (Lipinski definition) is 1. The van der Waals surface area contributed by atoms with Crippen molar-refractivity contribution in [1.29, 1.82) is 5.26 Å². The second kappa shape index (κ2) is 8.19. The largest absolute Gasteiger partial charge is 0.482 e. The number of hydrogen-bond acceptors (Lipinski definition) is 5. The van der Waals surface area contributed by atoms with Gasteiger partial charge in [0.15, 0.2) is 6.61 Å². The van der Waals surface area contributed by atoms with Gasteiger partial charge in [-0.15, -0.1) is 0 Å². The number of nitrogens with one attached hydrogen (secondary N) is 1. The molecule has 0 spiro atoms. The Labute approximate surface area is 157 Å². The molecule has 27 heavy (non-hydrogen) atoms. The minimum Gasteiger partial charge on any atom is -0.482 e. The second-order valence-electron chi connectivity index (χ2n) is 6.17. The first kappa shape index (κ1) is 18.2. The number of ether oxygens (including phenoxy) is 2. The lowest BCUT2D eigenvalue weighted by atomic mass is 10.1. The molecule has 0 bridgehead atoms. The quantitative estimate of drug-likeness (QED) is 0.530. The van der Waals surface area contributed by atoms with E-state index in [0.717, 1.165) is 16.6 Å². The van der Waals surface area contributed by atoms with Crippen LogP contribution in [0.2, 0.25) is 0 Å². The topological polar surface area (TPSA) is 88.0 Å². The van der Waals surface area contributed by atoms with Gasteiger partial charge in [-0.2, -0.15) is 5.26 Å². The number of carbonyl (C=O) groups excluding carboxylic acids is 1. The van der Waals surface area contributed by atoms with Crippen molar-refractivity contribution in [2.24, 2.45) is 0 Å². The van der Waals surface area contributed by atoms with Crippen molar-refractivity contribution in [1.82, 2.24) is 9.97 Å². The highest BCUT2D eigenvalue weighted by molar-refractivity contribution is 5.90. The van der Waals surface area contributed by atoms with Crippen LogP contribution in [0.5, 0.6) is 5.75 Å². The van der Waals surface area contributed by atoms with Gasteiger partial charge in [0.05, 0.1) is 22.7 Å². The number of nitrogens with zero attached hydrogens (tertiary/aromatic N) is 2. The van der Waals surface area contributed by atoms with Crippen molar-refractivity contribution in [3.63, 3.8) is 0 Å². The molecular weight excluding hydrogens is 342 g/mol. The first-order valence-electron chi connectivity index (χ1n) is 8.54. The normalized spacial score (nSPS) is 11.4. The predicted molar refractivity (Wildman–Crippen MR) is 103 cm³/mol. The van der Waals surface area contributed by atoms with Gasteiger partial charge in [0.2, 0.25) is 0 Å². The monoisotopic (exact) mass is 361 g/mol. The Hall–Kier alpha value is -3.59. The number of rotatable bonds is 6. The van der Waals surface area contributed by atoms with Crippen LogP contribution < -0.4 is 4.74 Å². The van der Waals surface area contributed by atoms with Crippen LogP contribution in [-0.4, -0.2) is 28.6 Å². The van der Waals surface area contributed by atoms with Gasteiger partial charge < -0.3 is 14.5 Å². The van der Waals surface area contributed by atoms with Crippen LogP contribution in [-0.2, 0) is 9.53 Å². The lowest BCUT2D eigenvalue weighted by molar-refractivity contribution is -0.149. The first-order chi connectivity index (χ1) is 13.0. The lowest BCUT2D eigenvalue weighted by Crippen LogP contribution is -2.18. The van der Waals surface area contributed by atoms with Gasteiger partial charge in [-0.1, -0.05) is 24.3 Å². The number of H-pyrrole nitrogens is 1. The third kappa shape index (κ3) is 4.73. The Morgan fingerprint density at radius 1 is 1.22 bits per heavy atom. The summed E-state index contributed by atoms with van der Waals surface area (Å²) >= 11 is 0. The van der Waals surface area contributed by atoms with Crippen molar-refractivity contribution in [2.45, 2.75) is 20.0 Å². The van der Waals surface area contributed by atoms with Gasteiger partial charge in [-0.05, 0) is 49.8 Å². The van der Waals surface area contributed by atoms with E-state index in [0.29, 0.717) is 17.1 Å². The number of fused-ring (bicyclic) bond motifs is 1. The summed E-state index contributed by atoms with van der Waals surface area (Å²) in [5, 5.41) is 9.48. The van der Waals surface area contributed by atoms with Gasteiger partial charge >= 0.3 is 5.97 Å². The average molecular weight is 361 g/mol. The number of para-hydroxylation sites is 2. The molecule has 3 rings (SSSR count). The van der Waals surface area contributed by atoms with Crippen LogP contribution in [0.15, 0.2) is 48.5 Å². The molecule has 3 aromatic rings. The number of nitriles is 1. The van der Waals surface area contributed by atoms with Gasteiger partial charge in [0, 0.05) is 0 Å². The standard InChI is InChI=1S/C21H19N3O3/c1-14(2)27-20(25)13-26-17-9-7-15(8-10-17)11-16(12-22)21-23-18-5-3-4-6-19(18)24-21/h3-11,14H,13H2,1-2H3,(H,23,24)/b16-11+. The Bertz CT molecular complexity index is 978. The van der Waals surface area contributed by atoms with Crippen molar-refractivity contribution in [2.75, 3.05) is 6.61 Å². The van der Waals surface area contributed by atoms with E-state index >= 15 is 0 Å². The Morgan fingerprint density at radius 3 is 2.63 bits per heavy atom. The molecule has 1 aromatic heterocycles. The van der Waals surface area contributed by atoms with E-state index in [4.69, 9.17) is 9.47 Å². The maximum absolute atomic E-state index is 11.5. The Kier molecular flexibility index (Phi) is 5.53. The number of aromatic amines is 1. The van der Waals surface area contributed by atoms with Crippen molar-refractivity contribution < 1.29 is 14.3 Å². The van der Waals surface area contributed by atoms with Crippen LogP contribution in [0, 0.1) is 11.3 Å². The SMILES string of the molecule is CC(C)OC(=O)COc1ccc(/C=C(\C#N)c2nc3ccccc3[nH]2)cc1.